The van der Waals surface area contributed by atoms with Gasteiger partial charge in [0.2, 0.25) is 0 Å². The molecular formula is C7H7N3O2. The fourth-order valence-electron chi connectivity index (χ4n) is 0.637. The minimum absolute atomic E-state index is 0.0556. The van der Waals surface area contributed by atoms with E-state index >= 15 is 0 Å². The van der Waals surface area contributed by atoms with Crippen LogP contribution < -0.4 is 5.73 Å². The van der Waals surface area contributed by atoms with Gasteiger partial charge < -0.3 is 5.73 Å². The molecule has 0 fully saturated rings. The number of primary amides is 1. The highest BCUT2D eigenvalue weighted by Crippen LogP contribution is 1.95. The smallest absolute Gasteiger partial charge is 0.268 e. The first kappa shape index (κ1) is 8.32. The van der Waals surface area contributed by atoms with Crippen LogP contribution >= 0.6 is 0 Å². The highest BCUT2D eigenvalue weighted by molar-refractivity contribution is 5.93. The number of carbonyl (C=O) groups excluding carboxylic acids is 2. The van der Waals surface area contributed by atoms with E-state index in [1.165, 1.54) is 19.3 Å². The van der Waals surface area contributed by atoms with Crippen molar-refractivity contribution in [2.24, 2.45) is 5.73 Å². The zero-order chi connectivity index (χ0) is 9.14. The molecule has 2 N–H and O–H groups in total. The Morgan fingerprint density at radius 3 is 2.08 bits per heavy atom. The molecular weight excluding hydrogens is 158 g/mol. The SMILES string of the molecule is CC(=O)c1cnc(C(N)=O)cn1. The summed E-state index contributed by atoms with van der Waals surface area (Å²) < 4.78 is 0. The summed E-state index contributed by atoms with van der Waals surface area (Å²) >= 11 is 0. The lowest BCUT2D eigenvalue weighted by Crippen LogP contribution is -2.14. The summed E-state index contributed by atoms with van der Waals surface area (Å²) in [5.74, 6) is -0.851. The van der Waals surface area contributed by atoms with Crippen LogP contribution in [0, 0.1) is 0 Å². The van der Waals surface area contributed by atoms with Gasteiger partial charge in [-0.25, -0.2) is 9.97 Å². The third kappa shape index (κ3) is 1.63. The maximum Gasteiger partial charge on any atom is 0.268 e. The molecule has 1 aromatic heterocycles. The van der Waals surface area contributed by atoms with Crippen molar-refractivity contribution in [3.63, 3.8) is 0 Å². The van der Waals surface area contributed by atoms with E-state index in [4.69, 9.17) is 5.73 Å². The van der Waals surface area contributed by atoms with Gasteiger partial charge in [0.1, 0.15) is 11.4 Å². The Hall–Kier alpha value is -1.78. The number of nitrogens with zero attached hydrogens (tertiary/aromatic N) is 2. The summed E-state index contributed by atoms with van der Waals surface area (Å²) in [5.41, 5.74) is 5.19. The van der Waals surface area contributed by atoms with E-state index < -0.39 is 5.91 Å². The van der Waals surface area contributed by atoms with Gasteiger partial charge in [0.15, 0.2) is 5.78 Å². The first-order valence-corrected chi connectivity index (χ1v) is 3.24. The van der Waals surface area contributed by atoms with Gasteiger partial charge in [0.25, 0.3) is 5.91 Å². The first-order valence-electron chi connectivity index (χ1n) is 3.24. The summed E-state index contributed by atoms with van der Waals surface area (Å²) in [6.45, 7) is 1.37. The van der Waals surface area contributed by atoms with Gasteiger partial charge in [-0.05, 0) is 0 Å². The van der Waals surface area contributed by atoms with Crippen molar-refractivity contribution < 1.29 is 9.59 Å². The number of Topliss-reactive ketones (excluding diaryl/α,β-unsaturated/α-hetero) is 1. The second-order valence-corrected chi connectivity index (χ2v) is 2.21. The molecule has 0 aliphatic heterocycles. The van der Waals surface area contributed by atoms with Crippen molar-refractivity contribution in [2.75, 3.05) is 0 Å². The third-order valence-corrected chi connectivity index (χ3v) is 1.27. The van der Waals surface area contributed by atoms with Crippen LogP contribution in [0.25, 0.3) is 0 Å². The fourth-order valence-corrected chi connectivity index (χ4v) is 0.637. The fraction of sp³-hybridized carbons (Fsp3) is 0.143. The summed E-state index contributed by atoms with van der Waals surface area (Å²) in [6.07, 6.45) is 2.40. The molecule has 0 aromatic carbocycles. The summed E-state index contributed by atoms with van der Waals surface area (Å²) in [5, 5.41) is 0. The Morgan fingerprint density at radius 1 is 1.25 bits per heavy atom. The number of rotatable bonds is 2. The molecule has 0 radical (unpaired) electrons. The summed E-state index contributed by atoms with van der Waals surface area (Å²) in [7, 11) is 0. The Morgan fingerprint density at radius 2 is 1.75 bits per heavy atom. The van der Waals surface area contributed by atoms with E-state index in [9.17, 15) is 9.59 Å². The largest absolute Gasteiger partial charge is 0.364 e. The van der Waals surface area contributed by atoms with Gasteiger partial charge in [-0.15, -0.1) is 0 Å². The number of nitrogens with two attached hydrogens (primary N) is 1. The number of aromatic nitrogens is 2. The van der Waals surface area contributed by atoms with Crippen LogP contribution in [-0.2, 0) is 0 Å². The van der Waals surface area contributed by atoms with Gasteiger partial charge in [0.05, 0.1) is 12.4 Å². The number of carbonyl (C=O) groups is 2. The molecule has 1 heterocycles. The van der Waals surface area contributed by atoms with E-state index in [0.29, 0.717) is 0 Å². The van der Waals surface area contributed by atoms with Crippen LogP contribution in [0.5, 0.6) is 0 Å². The Balaban J connectivity index is 3.01. The predicted octanol–water partition coefficient (Wildman–Crippen LogP) is -0.222. The molecule has 1 aromatic rings. The van der Waals surface area contributed by atoms with Crippen molar-refractivity contribution in [1.82, 2.24) is 9.97 Å². The van der Waals surface area contributed by atoms with Crippen molar-refractivity contribution in [3.05, 3.63) is 23.8 Å². The van der Waals surface area contributed by atoms with Crippen molar-refractivity contribution in [1.29, 1.82) is 0 Å². The van der Waals surface area contributed by atoms with Crippen molar-refractivity contribution in [2.45, 2.75) is 6.92 Å². The second-order valence-electron chi connectivity index (χ2n) is 2.21. The molecule has 0 unspecified atom stereocenters. The molecule has 0 saturated heterocycles. The van der Waals surface area contributed by atoms with Crippen LogP contribution in [0.2, 0.25) is 0 Å². The minimum Gasteiger partial charge on any atom is -0.364 e. The summed E-state index contributed by atoms with van der Waals surface area (Å²) in [4.78, 5) is 28.6. The average Bonchev–Trinajstić information content (AvgIpc) is 2.04. The van der Waals surface area contributed by atoms with E-state index in [2.05, 4.69) is 9.97 Å². The van der Waals surface area contributed by atoms with Crippen LogP contribution in [0.1, 0.15) is 27.9 Å². The molecule has 5 nitrogen and oxygen atoms in total. The van der Waals surface area contributed by atoms with Crippen LogP contribution in [0.15, 0.2) is 12.4 Å². The highest BCUT2D eigenvalue weighted by atomic mass is 16.1. The number of ketones is 1. The molecule has 0 aliphatic rings. The van der Waals surface area contributed by atoms with Gasteiger partial charge in [-0.3, -0.25) is 9.59 Å². The maximum absolute atomic E-state index is 10.7. The van der Waals surface area contributed by atoms with Crippen LogP contribution in [0.3, 0.4) is 0 Å². The number of hydrogen-bond acceptors (Lipinski definition) is 4. The van der Waals surface area contributed by atoms with Crippen LogP contribution in [0.4, 0.5) is 0 Å². The zero-order valence-corrected chi connectivity index (χ0v) is 6.44. The Kier molecular flexibility index (Phi) is 2.14. The number of amides is 1. The first-order chi connectivity index (χ1) is 5.61. The van der Waals surface area contributed by atoms with Crippen molar-refractivity contribution in [3.8, 4) is 0 Å². The van der Waals surface area contributed by atoms with Gasteiger partial charge in [-0.2, -0.15) is 0 Å². The van der Waals surface area contributed by atoms with Crippen LogP contribution in [-0.4, -0.2) is 21.7 Å². The second kappa shape index (κ2) is 3.08. The van der Waals surface area contributed by atoms with Gasteiger partial charge >= 0.3 is 0 Å². The lowest BCUT2D eigenvalue weighted by atomic mass is 10.3. The molecule has 62 valence electrons. The molecule has 5 heteroatoms. The molecule has 0 atom stereocenters. The molecule has 0 bridgehead atoms. The molecule has 0 aliphatic carbocycles. The molecule has 0 spiro atoms. The maximum atomic E-state index is 10.7. The monoisotopic (exact) mass is 165 g/mol. The van der Waals surface area contributed by atoms with Gasteiger partial charge in [0, 0.05) is 6.92 Å². The highest BCUT2D eigenvalue weighted by Gasteiger charge is 2.04. The molecule has 1 rings (SSSR count). The number of hydrogen-bond donors (Lipinski definition) is 1. The third-order valence-electron chi connectivity index (χ3n) is 1.27. The lowest BCUT2D eigenvalue weighted by Gasteiger charge is -1.94. The lowest BCUT2D eigenvalue weighted by molar-refractivity contribution is 0.0986. The van der Waals surface area contributed by atoms with E-state index in [-0.39, 0.29) is 17.2 Å². The average molecular weight is 165 g/mol. The minimum atomic E-state index is -0.655. The Bertz CT molecular complexity index is 285. The van der Waals surface area contributed by atoms with E-state index in [1.54, 1.807) is 0 Å². The quantitative estimate of drug-likeness (QED) is 0.613. The van der Waals surface area contributed by atoms with E-state index in [0.717, 1.165) is 0 Å². The predicted molar refractivity (Wildman–Crippen MR) is 40.6 cm³/mol. The molecule has 1 amide bonds. The topological polar surface area (TPSA) is 85.9 Å². The Labute approximate surface area is 68.6 Å². The van der Waals surface area contributed by atoms with E-state index in [1.807, 2.05) is 0 Å². The van der Waals surface area contributed by atoms with Gasteiger partial charge in [-0.1, -0.05) is 0 Å². The molecule has 0 saturated carbocycles. The summed E-state index contributed by atoms with van der Waals surface area (Å²) in [6, 6.07) is 0. The standard InChI is InChI=1S/C7H7N3O2/c1-4(11)5-2-10-6(3-9-5)7(8)12/h2-3H,1H3,(H2,8,12). The normalized spacial score (nSPS) is 9.42. The van der Waals surface area contributed by atoms with Crippen molar-refractivity contribution >= 4 is 11.7 Å². The zero-order valence-electron chi connectivity index (χ0n) is 6.44. The molecule has 12 heavy (non-hydrogen) atoms.